The molecule has 2 rings (SSSR count). The maximum atomic E-state index is 12.4. The number of amides is 1. The standard InChI is InChI=1S/C20H25NO5/c1-23-16-9-5-7-14(11-16)8-6-10-21-20(22)15-12-17(24-2)19(26-4)18(13-15)25-3/h5,7,9,11-13H,6,8,10H2,1-4H3,(H,21,22). The van der Waals surface area contributed by atoms with E-state index >= 15 is 0 Å². The first-order valence-corrected chi connectivity index (χ1v) is 8.34. The van der Waals surface area contributed by atoms with E-state index in [0.717, 1.165) is 18.6 Å². The summed E-state index contributed by atoms with van der Waals surface area (Å²) in [6.45, 7) is 0.562. The van der Waals surface area contributed by atoms with Crippen LogP contribution in [-0.4, -0.2) is 40.9 Å². The third-order valence-corrected chi connectivity index (χ3v) is 3.99. The predicted octanol–water partition coefficient (Wildman–Crippen LogP) is 3.08. The molecule has 0 atom stereocenters. The second-order valence-electron chi connectivity index (χ2n) is 5.62. The Balaban J connectivity index is 1.95. The lowest BCUT2D eigenvalue weighted by molar-refractivity contribution is 0.0952. The van der Waals surface area contributed by atoms with Crippen LogP contribution in [0.2, 0.25) is 0 Å². The highest BCUT2D eigenvalue weighted by Gasteiger charge is 2.16. The molecule has 1 N–H and O–H groups in total. The third-order valence-electron chi connectivity index (χ3n) is 3.99. The topological polar surface area (TPSA) is 66.0 Å². The Hall–Kier alpha value is -2.89. The van der Waals surface area contributed by atoms with E-state index in [-0.39, 0.29) is 5.91 Å². The van der Waals surface area contributed by atoms with Crippen LogP contribution < -0.4 is 24.3 Å². The quantitative estimate of drug-likeness (QED) is 0.697. The highest BCUT2D eigenvalue weighted by atomic mass is 16.5. The Morgan fingerprint density at radius 2 is 1.62 bits per heavy atom. The summed E-state index contributed by atoms with van der Waals surface area (Å²) < 4.78 is 21.0. The van der Waals surface area contributed by atoms with Crippen LogP contribution in [0.3, 0.4) is 0 Å². The highest BCUT2D eigenvalue weighted by molar-refractivity contribution is 5.95. The number of rotatable bonds is 9. The molecule has 0 spiro atoms. The lowest BCUT2D eigenvalue weighted by Gasteiger charge is -2.14. The summed E-state index contributed by atoms with van der Waals surface area (Å²) in [6.07, 6.45) is 1.68. The van der Waals surface area contributed by atoms with Crippen molar-refractivity contribution in [1.82, 2.24) is 5.32 Å². The molecule has 2 aromatic rings. The number of carbonyl (C=O) groups is 1. The van der Waals surface area contributed by atoms with Gasteiger partial charge in [-0.15, -0.1) is 0 Å². The van der Waals surface area contributed by atoms with E-state index in [1.807, 2.05) is 24.3 Å². The van der Waals surface area contributed by atoms with Gasteiger partial charge in [0.15, 0.2) is 11.5 Å². The van der Waals surface area contributed by atoms with E-state index in [1.54, 1.807) is 19.2 Å². The van der Waals surface area contributed by atoms with Crippen LogP contribution in [-0.2, 0) is 6.42 Å². The minimum atomic E-state index is -0.185. The third kappa shape index (κ3) is 4.81. The molecule has 0 bridgehead atoms. The summed E-state index contributed by atoms with van der Waals surface area (Å²) in [5, 5.41) is 2.92. The molecule has 2 aromatic carbocycles. The van der Waals surface area contributed by atoms with E-state index in [9.17, 15) is 4.79 Å². The zero-order valence-electron chi connectivity index (χ0n) is 15.6. The zero-order chi connectivity index (χ0) is 18.9. The first-order valence-electron chi connectivity index (χ1n) is 8.34. The predicted molar refractivity (Wildman–Crippen MR) is 99.7 cm³/mol. The lowest BCUT2D eigenvalue weighted by atomic mass is 10.1. The van der Waals surface area contributed by atoms with Crippen LogP contribution in [0.15, 0.2) is 36.4 Å². The fraction of sp³-hybridized carbons (Fsp3) is 0.350. The van der Waals surface area contributed by atoms with Crippen molar-refractivity contribution in [2.75, 3.05) is 35.0 Å². The molecule has 6 heteroatoms. The molecule has 0 saturated carbocycles. The minimum Gasteiger partial charge on any atom is -0.497 e. The van der Waals surface area contributed by atoms with Gasteiger partial charge in [-0.2, -0.15) is 0 Å². The minimum absolute atomic E-state index is 0.185. The van der Waals surface area contributed by atoms with E-state index in [0.29, 0.717) is 29.4 Å². The second-order valence-corrected chi connectivity index (χ2v) is 5.62. The van der Waals surface area contributed by atoms with Crippen LogP contribution in [0.1, 0.15) is 22.3 Å². The molecule has 0 heterocycles. The molecule has 0 radical (unpaired) electrons. The van der Waals surface area contributed by atoms with Crippen molar-refractivity contribution in [3.63, 3.8) is 0 Å². The molecular formula is C20H25NO5. The van der Waals surface area contributed by atoms with Gasteiger partial charge in [0.25, 0.3) is 5.91 Å². The molecule has 0 aliphatic rings. The van der Waals surface area contributed by atoms with Crippen molar-refractivity contribution in [2.45, 2.75) is 12.8 Å². The molecule has 0 saturated heterocycles. The number of aryl methyl sites for hydroxylation is 1. The monoisotopic (exact) mass is 359 g/mol. The summed E-state index contributed by atoms with van der Waals surface area (Å²) >= 11 is 0. The van der Waals surface area contributed by atoms with Crippen molar-refractivity contribution in [3.8, 4) is 23.0 Å². The summed E-state index contributed by atoms with van der Waals surface area (Å²) in [7, 11) is 6.22. The number of hydrogen-bond acceptors (Lipinski definition) is 5. The van der Waals surface area contributed by atoms with Gasteiger partial charge in [0.1, 0.15) is 5.75 Å². The number of carbonyl (C=O) groups excluding carboxylic acids is 1. The van der Waals surface area contributed by atoms with Crippen LogP contribution in [0.25, 0.3) is 0 Å². The molecular weight excluding hydrogens is 334 g/mol. The lowest BCUT2D eigenvalue weighted by Crippen LogP contribution is -2.24. The van der Waals surface area contributed by atoms with E-state index in [2.05, 4.69) is 5.32 Å². The fourth-order valence-corrected chi connectivity index (χ4v) is 2.64. The normalized spacial score (nSPS) is 10.2. The summed E-state index contributed by atoms with van der Waals surface area (Å²) in [6, 6.07) is 11.2. The van der Waals surface area contributed by atoms with Gasteiger partial charge in [-0.05, 0) is 42.7 Å². The Kier molecular flexibility index (Phi) is 7.14. The van der Waals surface area contributed by atoms with E-state index < -0.39 is 0 Å². The summed E-state index contributed by atoms with van der Waals surface area (Å²) in [4.78, 5) is 12.4. The molecule has 1 amide bonds. The number of hydrogen-bond donors (Lipinski definition) is 1. The molecule has 0 aliphatic carbocycles. The van der Waals surface area contributed by atoms with Crippen molar-refractivity contribution in [2.24, 2.45) is 0 Å². The Morgan fingerprint density at radius 3 is 2.19 bits per heavy atom. The molecule has 6 nitrogen and oxygen atoms in total. The van der Waals surface area contributed by atoms with Crippen molar-refractivity contribution < 1.29 is 23.7 Å². The Bertz CT molecular complexity index is 720. The van der Waals surface area contributed by atoms with Crippen LogP contribution >= 0.6 is 0 Å². The van der Waals surface area contributed by atoms with Gasteiger partial charge in [-0.1, -0.05) is 12.1 Å². The van der Waals surface area contributed by atoms with Crippen LogP contribution in [0, 0.1) is 0 Å². The number of nitrogens with one attached hydrogen (secondary N) is 1. The fourth-order valence-electron chi connectivity index (χ4n) is 2.64. The van der Waals surface area contributed by atoms with Crippen LogP contribution in [0.4, 0.5) is 0 Å². The SMILES string of the molecule is COc1cccc(CCCNC(=O)c2cc(OC)c(OC)c(OC)c2)c1. The average molecular weight is 359 g/mol. The number of methoxy groups -OCH3 is 4. The van der Waals surface area contributed by atoms with E-state index in [4.69, 9.17) is 18.9 Å². The van der Waals surface area contributed by atoms with Crippen molar-refractivity contribution >= 4 is 5.91 Å². The number of benzene rings is 2. The van der Waals surface area contributed by atoms with Gasteiger partial charge in [0.05, 0.1) is 28.4 Å². The first kappa shape index (κ1) is 19.4. The molecule has 0 fully saturated rings. The van der Waals surface area contributed by atoms with Crippen molar-refractivity contribution in [1.29, 1.82) is 0 Å². The van der Waals surface area contributed by atoms with Gasteiger partial charge in [0, 0.05) is 12.1 Å². The van der Waals surface area contributed by atoms with Gasteiger partial charge < -0.3 is 24.3 Å². The first-order chi connectivity index (χ1) is 12.6. The molecule has 140 valence electrons. The molecule has 0 aromatic heterocycles. The molecule has 0 unspecified atom stereocenters. The summed E-state index contributed by atoms with van der Waals surface area (Å²) in [5.41, 5.74) is 1.63. The average Bonchev–Trinajstić information content (AvgIpc) is 2.69. The van der Waals surface area contributed by atoms with Gasteiger partial charge in [0.2, 0.25) is 5.75 Å². The molecule has 26 heavy (non-hydrogen) atoms. The second kappa shape index (κ2) is 9.56. The smallest absolute Gasteiger partial charge is 0.251 e. The van der Waals surface area contributed by atoms with Crippen LogP contribution in [0.5, 0.6) is 23.0 Å². The zero-order valence-corrected chi connectivity index (χ0v) is 15.6. The van der Waals surface area contributed by atoms with Gasteiger partial charge in [-0.3, -0.25) is 4.79 Å². The van der Waals surface area contributed by atoms with Gasteiger partial charge in [-0.25, -0.2) is 0 Å². The Labute approximate surface area is 154 Å². The largest absolute Gasteiger partial charge is 0.497 e. The van der Waals surface area contributed by atoms with Crippen molar-refractivity contribution in [3.05, 3.63) is 47.5 Å². The van der Waals surface area contributed by atoms with E-state index in [1.165, 1.54) is 26.9 Å². The maximum absolute atomic E-state index is 12.4. The highest BCUT2D eigenvalue weighted by Crippen LogP contribution is 2.38. The number of ether oxygens (including phenoxy) is 4. The van der Waals surface area contributed by atoms with Gasteiger partial charge >= 0.3 is 0 Å². The summed E-state index contributed by atoms with van der Waals surface area (Å²) in [5.74, 6) is 2.02. The Morgan fingerprint density at radius 1 is 0.923 bits per heavy atom. The molecule has 0 aliphatic heterocycles. The maximum Gasteiger partial charge on any atom is 0.251 e.